The number of ether oxygens (including phenoxy) is 1. The van der Waals surface area contributed by atoms with Crippen LogP contribution in [0.2, 0.25) is 0 Å². The van der Waals surface area contributed by atoms with E-state index in [1.54, 1.807) is 31.9 Å². The monoisotopic (exact) mass is 481 g/mol. The summed E-state index contributed by atoms with van der Waals surface area (Å²) in [4.78, 5) is 43.1. The fraction of sp³-hybridized carbons (Fsp3) is 0.815. The molecule has 0 unspecified atom stereocenters. The number of likely N-dealkylation sites (N-methyl/N-ethyl adjacent to an activating group) is 1. The van der Waals surface area contributed by atoms with E-state index in [0.717, 1.165) is 25.8 Å². The number of nitrogens with zero attached hydrogens (tertiary/aromatic N) is 2. The summed E-state index contributed by atoms with van der Waals surface area (Å²) in [6.07, 6.45) is 4.71. The molecule has 0 radical (unpaired) electrons. The van der Waals surface area contributed by atoms with E-state index < -0.39 is 11.5 Å². The summed E-state index contributed by atoms with van der Waals surface area (Å²) in [5.41, 5.74) is 0.000989. The summed E-state index contributed by atoms with van der Waals surface area (Å²) in [5, 5.41) is 3.10. The lowest BCUT2D eigenvalue weighted by molar-refractivity contribution is -0.142. The zero-order valence-corrected chi connectivity index (χ0v) is 22.5. The highest BCUT2D eigenvalue weighted by atomic mass is 16.5. The zero-order valence-electron chi connectivity index (χ0n) is 22.5. The van der Waals surface area contributed by atoms with Crippen LogP contribution >= 0.6 is 0 Å². The Morgan fingerprint density at radius 3 is 2.21 bits per heavy atom. The maximum absolute atomic E-state index is 13.7. The molecule has 34 heavy (non-hydrogen) atoms. The molecule has 1 heterocycles. The smallest absolute Gasteiger partial charge is 0.333 e. The van der Waals surface area contributed by atoms with Gasteiger partial charge in [-0.05, 0) is 58.4 Å². The molecule has 0 aromatic carbocycles. The van der Waals surface area contributed by atoms with Gasteiger partial charge < -0.3 is 15.0 Å². The van der Waals surface area contributed by atoms with Crippen LogP contribution in [-0.4, -0.2) is 72.0 Å². The molecule has 1 fully saturated rings. The Bertz CT molecular complexity index is 709. The van der Waals surface area contributed by atoms with E-state index >= 15 is 0 Å². The van der Waals surface area contributed by atoms with Crippen molar-refractivity contribution in [2.24, 2.45) is 11.3 Å². The van der Waals surface area contributed by atoms with E-state index in [4.69, 9.17) is 4.74 Å². The van der Waals surface area contributed by atoms with Crippen LogP contribution in [0, 0.1) is 11.3 Å². The Morgan fingerprint density at radius 2 is 1.74 bits per heavy atom. The summed E-state index contributed by atoms with van der Waals surface area (Å²) < 4.78 is 5.10. The van der Waals surface area contributed by atoms with Crippen LogP contribution in [0.4, 0.5) is 0 Å². The number of piperidine rings is 1. The van der Waals surface area contributed by atoms with Crippen LogP contribution in [0.25, 0.3) is 0 Å². The summed E-state index contributed by atoms with van der Waals surface area (Å²) >= 11 is 0. The number of esters is 1. The van der Waals surface area contributed by atoms with Gasteiger partial charge in [0, 0.05) is 18.7 Å². The minimum absolute atomic E-state index is 0. The molecule has 2 amide bonds. The Morgan fingerprint density at radius 1 is 1.15 bits per heavy atom. The number of amides is 2. The van der Waals surface area contributed by atoms with E-state index in [1.165, 1.54) is 0 Å². The molecule has 1 aliphatic heterocycles. The van der Waals surface area contributed by atoms with Crippen LogP contribution in [-0.2, 0) is 19.1 Å². The number of nitrogens with one attached hydrogen (secondary N) is 1. The molecule has 198 valence electrons. The van der Waals surface area contributed by atoms with E-state index in [-0.39, 0.29) is 49.3 Å². The van der Waals surface area contributed by atoms with Gasteiger partial charge in [0.1, 0.15) is 6.04 Å². The standard InChI is InChI=1S/C26H47N3O4.CH4/c1-11-33-25(32)19(6)16-21(17(2)3)28(10)24(31)22(26(7,8)9)27-23(30)20-14-12-13-15-29(20)18(4)5;/h16-18,20-22H,11-15H2,1-10H3,(H,27,30);1H4/b19-16+;/t20-,21-,22-;/m1./s1. The van der Waals surface area contributed by atoms with Gasteiger partial charge in [-0.3, -0.25) is 14.5 Å². The maximum Gasteiger partial charge on any atom is 0.333 e. The molecule has 1 aliphatic rings. The van der Waals surface area contributed by atoms with Gasteiger partial charge in [0.15, 0.2) is 0 Å². The first-order valence-electron chi connectivity index (χ1n) is 12.4. The SMILES string of the molecule is C.CCOC(=O)/C(C)=C/[C@H](C(C)C)N(C)C(=O)[C@@H](NC(=O)[C@H]1CCCCN1C(C)C)C(C)(C)C. The number of hydrogen-bond acceptors (Lipinski definition) is 5. The minimum atomic E-state index is -0.677. The molecule has 7 nitrogen and oxygen atoms in total. The van der Waals surface area contributed by atoms with Crippen molar-refractivity contribution < 1.29 is 19.1 Å². The average Bonchev–Trinajstić information content (AvgIpc) is 2.73. The molecule has 7 heteroatoms. The first-order chi connectivity index (χ1) is 15.2. The maximum atomic E-state index is 13.7. The number of carbonyl (C=O) groups is 3. The lowest BCUT2D eigenvalue weighted by Crippen LogP contribution is -2.60. The summed E-state index contributed by atoms with van der Waals surface area (Å²) in [6.45, 7) is 18.8. The number of likely N-dealkylation sites (tertiary alicyclic amines) is 1. The third kappa shape index (κ3) is 8.71. The summed E-state index contributed by atoms with van der Waals surface area (Å²) in [5.74, 6) is -0.538. The minimum Gasteiger partial charge on any atom is -0.463 e. The van der Waals surface area contributed by atoms with Gasteiger partial charge in [-0.1, -0.05) is 54.5 Å². The highest BCUT2D eigenvalue weighted by Crippen LogP contribution is 2.26. The van der Waals surface area contributed by atoms with Crippen LogP contribution in [0.15, 0.2) is 11.6 Å². The van der Waals surface area contributed by atoms with Crippen molar-refractivity contribution in [2.45, 2.75) is 113 Å². The van der Waals surface area contributed by atoms with Gasteiger partial charge in [0.2, 0.25) is 11.8 Å². The van der Waals surface area contributed by atoms with Crippen molar-refractivity contribution in [1.82, 2.24) is 15.1 Å². The van der Waals surface area contributed by atoms with E-state index in [2.05, 4.69) is 24.1 Å². The Hall–Kier alpha value is -1.89. The van der Waals surface area contributed by atoms with E-state index in [1.807, 2.05) is 34.6 Å². The van der Waals surface area contributed by atoms with Crippen molar-refractivity contribution in [2.75, 3.05) is 20.2 Å². The molecule has 0 aromatic rings. The van der Waals surface area contributed by atoms with Crippen molar-refractivity contribution in [3.63, 3.8) is 0 Å². The molecule has 3 atom stereocenters. The lowest BCUT2D eigenvalue weighted by atomic mass is 9.84. The fourth-order valence-electron chi connectivity index (χ4n) is 4.41. The van der Waals surface area contributed by atoms with Crippen molar-refractivity contribution in [3.8, 4) is 0 Å². The second-order valence-corrected chi connectivity index (χ2v) is 10.9. The number of carbonyl (C=O) groups excluding carboxylic acids is 3. The second-order valence-electron chi connectivity index (χ2n) is 10.9. The third-order valence-corrected chi connectivity index (χ3v) is 6.41. The van der Waals surface area contributed by atoms with E-state index in [9.17, 15) is 14.4 Å². The quantitative estimate of drug-likeness (QED) is 0.390. The van der Waals surface area contributed by atoms with Crippen LogP contribution in [0.5, 0.6) is 0 Å². The molecular formula is C27H51N3O4. The lowest BCUT2D eigenvalue weighted by Gasteiger charge is -2.41. The number of rotatable bonds is 9. The van der Waals surface area contributed by atoms with Crippen molar-refractivity contribution in [1.29, 1.82) is 0 Å². The third-order valence-electron chi connectivity index (χ3n) is 6.41. The molecule has 0 bridgehead atoms. The summed E-state index contributed by atoms with van der Waals surface area (Å²) in [7, 11) is 1.74. The van der Waals surface area contributed by atoms with Gasteiger partial charge in [-0.25, -0.2) is 4.79 Å². The molecular weight excluding hydrogens is 430 g/mol. The van der Waals surface area contributed by atoms with Crippen LogP contribution < -0.4 is 5.32 Å². The molecule has 1 N–H and O–H groups in total. The molecule has 0 aromatic heterocycles. The molecule has 0 aliphatic carbocycles. The van der Waals surface area contributed by atoms with Gasteiger partial charge in [0.25, 0.3) is 0 Å². The predicted octanol–water partition coefficient (Wildman–Crippen LogP) is 4.41. The predicted molar refractivity (Wildman–Crippen MR) is 139 cm³/mol. The Kier molecular flexibility index (Phi) is 13.1. The van der Waals surface area contributed by atoms with Crippen molar-refractivity contribution in [3.05, 3.63) is 11.6 Å². The van der Waals surface area contributed by atoms with Crippen LogP contribution in [0.1, 0.15) is 89.0 Å². The average molecular weight is 482 g/mol. The zero-order chi connectivity index (χ0) is 25.5. The Balaban J connectivity index is 0.0000109. The highest BCUT2D eigenvalue weighted by molar-refractivity contribution is 5.91. The van der Waals surface area contributed by atoms with Gasteiger partial charge in [-0.15, -0.1) is 0 Å². The normalized spacial score (nSPS) is 19.3. The molecule has 1 saturated heterocycles. The summed E-state index contributed by atoms with van der Waals surface area (Å²) in [6, 6.07) is -0.920. The van der Waals surface area contributed by atoms with Gasteiger partial charge in [-0.2, -0.15) is 0 Å². The topological polar surface area (TPSA) is 79.0 Å². The van der Waals surface area contributed by atoms with Crippen LogP contribution in [0.3, 0.4) is 0 Å². The Labute approximate surface area is 208 Å². The van der Waals surface area contributed by atoms with Gasteiger partial charge in [0.05, 0.1) is 18.7 Å². The molecule has 0 saturated carbocycles. The van der Waals surface area contributed by atoms with Crippen molar-refractivity contribution >= 4 is 17.8 Å². The first kappa shape index (κ1) is 32.1. The number of hydrogen-bond donors (Lipinski definition) is 1. The molecule has 1 rings (SSSR count). The second kappa shape index (κ2) is 13.9. The highest BCUT2D eigenvalue weighted by Gasteiger charge is 2.39. The fourth-order valence-corrected chi connectivity index (χ4v) is 4.41. The largest absolute Gasteiger partial charge is 0.463 e. The molecule has 0 spiro atoms. The van der Waals surface area contributed by atoms with E-state index in [0.29, 0.717) is 12.2 Å². The first-order valence-corrected chi connectivity index (χ1v) is 12.4. The van der Waals surface area contributed by atoms with Gasteiger partial charge >= 0.3 is 5.97 Å².